The van der Waals surface area contributed by atoms with Crippen LogP contribution in [0.25, 0.3) is 0 Å². The standard InChI is InChI=1S/C9H13ClFN3O2/c1-16-5-6(15)2-3-12-8-7(11)4-13-9(10)14-8/h4,6,15H,2-3,5H2,1H3,(H,12,13,14). The number of ether oxygens (including phenoxy) is 1. The molecule has 16 heavy (non-hydrogen) atoms. The van der Waals surface area contributed by atoms with E-state index in [2.05, 4.69) is 15.3 Å². The Labute approximate surface area is 97.6 Å². The second-order valence-electron chi connectivity index (χ2n) is 3.16. The zero-order valence-electron chi connectivity index (χ0n) is 8.78. The van der Waals surface area contributed by atoms with Crippen molar-refractivity contribution < 1.29 is 14.2 Å². The lowest BCUT2D eigenvalue weighted by Gasteiger charge is -2.10. The monoisotopic (exact) mass is 249 g/mol. The van der Waals surface area contributed by atoms with Gasteiger partial charge in [0.05, 0.1) is 18.9 Å². The number of nitrogens with zero attached hydrogens (tertiary/aromatic N) is 2. The topological polar surface area (TPSA) is 67.3 Å². The predicted octanol–water partition coefficient (Wildman–Crippen LogP) is 1.08. The van der Waals surface area contributed by atoms with Crippen LogP contribution in [-0.2, 0) is 4.74 Å². The van der Waals surface area contributed by atoms with E-state index >= 15 is 0 Å². The first-order valence-electron chi connectivity index (χ1n) is 4.72. The molecule has 0 aliphatic rings. The van der Waals surface area contributed by atoms with Gasteiger partial charge in [0, 0.05) is 13.7 Å². The molecule has 1 unspecified atom stereocenters. The van der Waals surface area contributed by atoms with Crippen LogP contribution >= 0.6 is 11.6 Å². The number of hydrogen-bond acceptors (Lipinski definition) is 5. The van der Waals surface area contributed by atoms with Gasteiger partial charge in [0.25, 0.3) is 0 Å². The van der Waals surface area contributed by atoms with Crippen molar-refractivity contribution >= 4 is 17.4 Å². The molecule has 0 aliphatic carbocycles. The number of aliphatic hydroxyl groups is 1. The molecule has 1 aromatic rings. The number of aromatic nitrogens is 2. The van der Waals surface area contributed by atoms with Crippen LogP contribution in [0, 0.1) is 5.82 Å². The summed E-state index contributed by atoms with van der Waals surface area (Å²) in [4.78, 5) is 7.15. The molecule has 1 atom stereocenters. The van der Waals surface area contributed by atoms with Crippen molar-refractivity contribution in [2.45, 2.75) is 12.5 Å². The third-order valence-corrected chi connectivity index (χ3v) is 2.03. The van der Waals surface area contributed by atoms with E-state index in [1.54, 1.807) is 0 Å². The van der Waals surface area contributed by atoms with Crippen LogP contribution in [-0.4, -0.2) is 41.4 Å². The Morgan fingerprint density at radius 1 is 1.69 bits per heavy atom. The van der Waals surface area contributed by atoms with E-state index in [1.165, 1.54) is 7.11 Å². The summed E-state index contributed by atoms with van der Waals surface area (Å²) in [6, 6.07) is 0. The molecular formula is C9H13ClFN3O2. The molecule has 90 valence electrons. The highest BCUT2D eigenvalue weighted by Crippen LogP contribution is 2.11. The summed E-state index contributed by atoms with van der Waals surface area (Å²) >= 11 is 5.51. The maximum absolute atomic E-state index is 13.1. The van der Waals surface area contributed by atoms with Gasteiger partial charge in [0.2, 0.25) is 5.28 Å². The van der Waals surface area contributed by atoms with Gasteiger partial charge in [0.1, 0.15) is 0 Å². The van der Waals surface area contributed by atoms with Crippen molar-refractivity contribution in [1.29, 1.82) is 0 Å². The number of nitrogens with one attached hydrogen (secondary N) is 1. The molecular weight excluding hydrogens is 237 g/mol. The van der Waals surface area contributed by atoms with E-state index in [0.717, 1.165) is 6.20 Å². The Morgan fingerprint density at radius 2 is 2.44 bits per heavy atom. The summed E-state index contributed by atoms with van der Waals surface area (Å²) in [6.07, 6.45) is 0.830. The van der Waals surface area contributed by atoms with Crippen LogP contribution in [0.5, 0.6) is 0 Å². The Morgan fingerprint density at radius 3 is 3.12 bits per heavy atom. The maximum Gasteiger partial charge on any atom is 0.224 e. The maximum atomic E-state index is 13.1. The number of aliphatic hydroxyl groups excluding tert-OH is 1. The minimum Gasteiger partial charge on any atom is -0.391 e. The first-order valence-corrected chi connectivity index (χ1v) is 5.10. The first kappa shape index (κ1) is 13.1. The van der Waals surface area contributed by atoms with Crippen molar-refractivity contribution in [2.75, 3.05) is 25.6 Å². The fourth-order valence-corrected chi connectivity index (χ4v) is 1.24. The highest BCUT2D eigenvalue weighted by molar-refractivity contribution is 6.28. The Hall–Kier alpha value is -0.980. The van der Waals surface area contributed by atoms with Gasteiger partial charge >= 0.3 is 0 Å². The van der Waals surface area contributed by atoms with Crippen molar-refractivity contribution in [1.82, 2.24) is 9.97 Å². The van der Waals surface area contributed by atoms with Gasteiger partial charge in [0.15, 0.2) is 11.6 Å². The van der Waals surface area contributed by atoms with E-state index in [4.69, 9.17) is 16.3 Å². The fourth-order valence-electron chi connectivity index (χ4n) is 1.10. The zero-order chi connectivity index (χ0) is 12.0. The summed E-state index contributed by atoms with van der Waals surface area (Å²) in [6.45, 7) is 0.615. The number of halogens is 2. The molecule has 2 N–H and O–H groups in total. The molecule has 0 spiro atoms. The number of rotatable bonds is 6. The molecule has 0 aromatic carbocycles. The normalized spacial score (nSPS) is 12.5. The van der Waals surface area contributed by atoms with Gasteiger partial charge in [-0.05, 0) is 18.0 Å². The van der Waals surface area contributed by atoms with Crippen molar-refractivity contribution in [3.8, 4) is 0 Å². The molecule has 1 heterocycles. The molecule has 0 amide bonds. The highest BCUT2D eigenvalue weighted by atomic mass is 35.5. The minimum absolute atomic E-state index is 0.0265. The van der Waals surface area contributed by atoms with Gasteiger partial charge in [-0.25, -0.2) is 9.37 Å². The fraction of sp³-hybridized carbons (Fsp3) is 0.556. The van der Waals surface area contributed by atoms with E-state index in [9.17, 15) is 9.50 Å². The van der Waals surface area contributed by atoms with E-state index in [-0.39, 0.29) is 17.7 Å². The molecule has 1 aromatic heterocycles. The third kappa shape index (κ3) is 4.26. The molecule has 0 saturated heterocycles. The van der Waals surface area contributed by atoms with Crippen molar-refractivity contribution in [2.24, 2.45) is 0 Å². The van der Waals surface area contributed by atoms with Crippen LogP contribution in [0.4, 0.5) is 10.2 Å². The van der Waals surface area contributed by atoms with Crippen LogP contribution in [0.1, 0.15) is 6.42 Å². The molecule has 0 saturated carbocycles. The lowest BCUT2D eigenvalue weighted by molar-refractivity contribution is 0.0615. The Kier molecular flexibility index (Phi) is 5.37. The van der Waals surface area contributed by atoms with Gasteiger partial charge in [-0.2, -0.15) is 4.98 Å². The van der Waals surface area contributed by atoms with Gasteiger partial charge in [-0.15, -0.1) is 0 Å². The molecule has 7 heteroatoms. The number of hydrogen-bond donors (Lipinski definition) is 2. The average molecular weight is 250 g/mol. The first-order chi connectivity index (χ1) is 7.63. The van der Waals surface area contributed by atoms with Gasteiger partial charge in [-0.1, -0.05) is 0 Å². The molecule has 5 nitrogen and oxygen atoms in total. The summed E-state index contributed by atoms with van der Waals surface area (Å²) in [7, 11) is 1.50. The van der Waals surface area contributed by atoms with E-state index in [1.807, 2.05) is 0 Å². The second-order valence-corrected chi connectivity index (χ2v) is 3.50. The molecule has 0 radical (unpaired) electrons. The lowest BCUT2D eigenvalue weighted by Crippen LogP contribution is -2.19. The highest BCUT2D eigenvalue weighted by Gasteiger charge is 2.07. The molecule has 0 fully saturated rings. The lowest BCUT2D eigenvalue weighted by atomic mass is 10.2. The molecule has 0 bridgehead atoms. The van der Waals surface area contributed by atoms with Gasteiger partial charge < -0.3 is 15.2 Å². The summed E-state index contributed by atoms with van der Waals surface area (Å²) in [5.74, 6) is -0.546. The average Bonchev–Trinajstić information content (AvgIpc) is 2.23. The third-order valence-electron chi connectivity index (χ3n) is 1.84. The minimum atomic E-state index is -0.585. The number of anilines is 1. The van der Waals surface area contributed by atoms with Crippen LogP contribution in [0.2, 0.25) is 5.28 Å². The Balaban J connectivity index is 2.39. The molecule has 0 aliphatic heterocycles. The van der Waals surface area contributed by atoms with Crippen molar-refractivity contribution in [3.05, 3.63) is 17.3 Å². The van der Waals surface area contributed by atoms with Crippen LogP contribution in [0.3, 0.4) is 0 Å². The largest absolute Gasteiger partial charge is 0.391 e. The van der Waals surface area contributed by atoms with Crippen molar-refractivity contribution in [3.63, 3.8) is 0 Å². The Bertz CT molecular complexity index is 341. The molecule has 1 rings (SSSR count). The smallest absolute Gasteiger partial charge is 0.224 e. The summed E-state index contributed by atoms with van der Waals surface area (Å²) < 4.78 is 17.9. The van der Waals surface area contributed by atoms with Gasteiger partial charge in [-0.3, -0.25) is 0 Å². The zero-order valence-corrected chi connectivity index (χ0v) is 9.54. The van der Waals surface area contributed by atoms with E-state index < -0.39 is 11.9 Å². The van der Waals surface area contributed by atoms with Crippen LogP contribution in [0.15, 0.2) is 6.20 Å². The SMILES string of the molecule is COCC(O)CCNc1nc(Cl)ncc1F. The predicted molar refractivity (Wildman–Crippen MR) is 58.0 cm³/mol. The second kappa shape index (κ2) is 6.57. The quantitative estimate of drug-likeness (QED) is 0.739. The van der Waals surface area contributed by atoms with E-state index in [0.29, 0.717) is 13.0 Å². The number of methoxy groups -OCH3 is 1. The van der Waals surface area contributed by atoms with Crippen LogP contribution < -0.4 is 5.32 Å². The summed E-state index contributed by atoms with van der Waals surface area (Å²) in [5.41, 5.74) is 0. The summed E-state index contributed by atoms with van der Waals surface area (Å²) in [5, 5.41) is 12.0.